The minimum Gasteiger partial charge on any atom is -0.481 e. The lowest BCUT2D eigenvalue weighted by atomic mass is 10.2. The number of hydrogen-bond acceptors (Lipinski definition) is 3. The van der Waals surface area contributed by atoms with Crippen molar-refractivity contribution < 1.29 is 19.1 Å². The molecule has 0 saturated carbocycles. The van der Waals surface area contributed by atoms with Crippen molar-refractivity contribution in [1.29, 1.82) is 0 Å². The molecule has 0 aliphatic heterocycles. The van der Waals surface area contributed by atoms with Crippen LogP contribution in [0.4, 0.5) is 0 Å². The van der Waals surface area contributed by atoms with Gasteiger partial charge >= 0.3 is 5.97 Å². The van der Waals surface area contributed by atoms with Gasteiger partial charge in [0.1, 0.15) is 5.58 Å². The van der Waals surface area contributed by atoms with Crippen LogP contribution in [0, 0.1) is 0 Å². The van der Waals surface area contributed by atoms with E-state index in [1.54, 1.807) is 6.07 Å². The average molecular weight is 340 g/mol. The molecule has 0 atom stereocenters. The van der Waals surface area contributed by atoms with Crippen LogP contribution in [0.3, 0.4) is 0 Å². The molecule has 2 aromatic rings. The zero-order chi connectivity index (χ0) is 14.5. The molecule has 0 bridgehead atoms. The van der Waals surface area contributed by atoms with Crippen LogP contribution in [0.2, 0.25) is 0 Å². The number of carboxylic acids is 1. The number of benzene rings is 1. The summed E-state index contributed by atoms with van der Waals surface area (Å²) in [5.41, 5.74) is 0.642. The van der Waals surface area contributed by atoms with Crippen molar-refractivity contribution in [2.75, 3.05) is 6.54 Å². The first kappa shape index (κ1) is 14.6. The predicted molar refractivity (Wildman–Crippen MR) is 77.7 cm³/mol. The van der Waals surface area contributed by atoms with Gasteiger partial charge in [0.2, 0.25) is 0 Å². The summed E-state index contributed by atoms with van der Waals surface area (Å²) >= 11 is 3.36. The van der Waals surface area contributed by atoms with Crippen molar-refractivity contribution in [2.45, 2.75) is 19.3 Å². The lowest BCUT2D eigenvalue weighted by molar-refractivity contribution is -0.137. The van der Waals surface area contributed by atoms with Gasteiger partial charge in [-0.2, -0.15) is 0 Å². The number of furan rings is 1. The van der Waals surface area contributed by atoms with Gasteiger partial charge in [-0.1, -0.05) is 12.1 Å². The number of amides is 1. The standard InChI is InChI=1S/C14H14BrNO4/c15-10-5-3-4-9-8-11(20-13(9)10)14(19)16-7-2-1-6-12(17)18/h3-5,8H,1-2,6-7H2,(H,16,19)(H,17,18). The number of carboxylic acid groups (broad SMARTS) is 1. The van der Waals surface area contributed by atoms with Gasteiger partial charge in [0.05, 0.1) is 4.47 Å². The fourth-order valence-electron chi connectivity index (χ4n) is 1.83. The lowest BCUT2D eigenvalue weighted by Crippen LogP contribution is -2.24. The summed E-state index contributed by atoms with van der Waals surface area (Å²) < 4.78 is 6.30. The van der Waals surface area contributed by atoms with Gasteiger partial charge in [-0.3, -0.25) is 9.59 Å². The first-order chi connectivity index (χ1) is 9.58. The zero-order valence-corrected chi connectivity index (χ0v) is 12.3. The molecule has 2 rings (SSSR count). The van der Waals surface area contributed by atoms with E-state index >= 15 is 0 Å². The second-order valence-electron chi connectivity index (χ2n) is 4.38. The number of carbonyl (C=O) groups is 2. The number of halogens is 1. The lowest BCUT2D eigenvalue weighted by Gasteiger charge is -2.01. The molecule has 0 fully saturated rings. The summed E-state index contributed by atoms with van der Waals surface area (Å²) in [5, 5.41) is 12.1. The molecule has 6 heteroatoms. The number of nitrogens with one attached hydrogen (secondary N) is 1. The van der Waals surface area contributed by atoms with E-state index in [4.69, 9.17) is 9.52 Å². The van der Waals surface area contributed by atoms with E-state index in [1.807, 2.05) is 18.2 Å². The third-order valence-electron chi connectivity index (χ3n) is 2.82. The molecule has 5 nitrogen and oxygen atoms in total. The highest BCUT2D eigenvalue weighted by molar-refractivity contribution is 9.10. The van der Waals surface area contributed by atoms with Crippen molar-refractivity contribution >= 4 is 38.8 Å². The first-order valence-corrected chi connectivity index (χ1v) is 7.05. The van der Waals surface area contributed by atoms with Crippen molar-refractivity contribution in [2.24, 2.45) is 0 Å². The molecular weight excluding hydrogens is 326 g/mol. The summed E-state index contributed by atoms with van der Waals surface area (Å²) in [6.07, 6.45) is 1.29. The molecule has 1 amide bonds. The third-order valence-corrected chi connectivity index (χ3v) is 3.45. The Kier molecular flexibility index (Phi) is 4.79. The van der Waals surface area contributed by atoms with Crippen LogP contribution in [0.5, 0.6) is 0 Å². The van der Waals surface area contributed by atoms with Gasteiger partial charge < -0.3 is 14.8 Å². The Morgan fingerprint density at radius 3 is 2.80 bits per heavy atom. The topological polar surface area (TPSA) is 79.5 Å². The van der Waals surface area contributed by atoms with Crippen LogP contribution >= 0.6 is 15.9 Å². The van der Waals surface area contributed by atoms with E-state index in [-0.39, 0.29) is 18.1 Å². The van der Waals surface area contributed by atoms with Gasteiger partial charge in [0, 0.05) is 18.4 Å². The quantitative estimate of drug-likeness (QED) is 0.792. The highest BCUT2D eigenvalue weighted by atomic mass is 79.9. The molecule has 20 heavy (non-hydrogen) atoms. The second kappa shape index (κ2) is 6.56. The van der Waals surface area contributed by atoms with E-state index in [2.05, 4.69) is 21.2 Å². The van der Waals surface area contributed by atoms with Gasteiger partial charge in [-0.15, -0.1) is 0 Å². The summed E-state index contributed by atoms with van der Waals surface area (Å²) in [6.45, 7) is 0.435. The van der Waals surface area contributed by atoms with Gasteiger partial charge in [-0.25, -0.2) is 0 Å². The van der Waals surface area contributed by atoms with Crippen molar-refractivity contribution in [1.82, 2.24) is 5.32 Å². The van der Waals surface area contributed by atoms with Gasteiger partial charge in [-0.05, 0) is 40.9 Å². The third kappa shape index (κ3) is 3.60. The molecule has 0 aliphatic rings. The number of carbonyl (C=O) groups excluding carboxylic acids is 1. The zero-order valence-electron chi connectivity index (χ0n) is 10.7. The normalized spacial score (nSPS) is 10.7. The Morgan fingerprint density at radius 2 is 2.10 bits per heavy atom. The highest BCUT2D eigenvalue weighted by Gasteiger charge is 2.13. The van der Waals surface area contributed by atoms with Crippen LogP contribution in [0.15, 0.2) is 33.2 Å². The molecule has 0 aliphatic carbocycles. The largest absolute Gasteiger partial charge is 0.481 e. The molecule has 106 valence electrons. The number of unbranched alkanes of at least 4 members (excludes halogenated alkanes) is 1. The highest BCUT2D eigenvalue weighted by Crippen LogP contribution is 2.26. The Balaban J connectivity index is 1.91. The van der Waals surface area contributed by atoms with Gasteiger partial charge in [0.25, 0.3) is 5.91 Å². The van der Waals surface area contributed by atoms with Crippen molar-refractivity contribution in [3.8, 4) is 0 Å². The monoisotopic (exact) mass is 339 g/mol. The summed E-state index contributed by atoms with van der Waals surface area (Å²) in [5.74, 6) is -0.855. The predicted octanol–water partition coefficient (Wildman–Crippen LogP) is 3.18. The molecule has 1 heterocycles. The Morgan fingerprint density at radius 1 is 1.30 bits per heavy atom. The number of para-hydroxylation sites is 1. The molecular formula is C14H14BrNO4. The fraction of sp³-hybridized carbons (Fsp3) is 0.286. The van der Waals surface area contributed by atoms with E-state index < -0.39 is 5.97 Å². The molecule has 0 spiro atoms. The molecule has 0 saturated heterocycles. The van der Waals surface area contributed by atoms with Crippen LogP contribution in [0.1, 0.15) is 29.8 Å². The maximum Gasteiger partial charge on any atom is 0.303 e. The number of fused-ring (bicyclic) bond motifs is 1. The number of aliphatic carboxylic acids is 1. The van der Waals surface area contributed by atoms with E-state index in [1.165, 1.54) is 0 Å². The maximum absolute atomic E-state index is 11.9. The molecule has 1 aromatic carbocycles. The van der Waals surface area contributed by atoms with Crippen molar-refractivity contribution in [3.63, 3.8) is 0 Å². The van der Waals surface area contributed by atoms with E-state index in [0.717, 1.165) is 9.86 Å². The fourth-order valence-corrected chi connectivity index (χ4v) is 2.29. The summed E-state index contributed by atoms with van der Waals surface area (Å²) in [7, 11) is 0. The molecule has 0 radical (unpaired) electrons. The molecule has 0 unspecified atom stereocenters. The van der Waals surface area contributed by atoms with Crippen LogP contribution in [0.25, 0.3) is 11.0 Å². The Hall–Kier alpha value is -1.82. The summed E-state index contributed by atoms with van der Waals surface area (Å²) in [6, 6.07) is 7.27. The smallest absolute Gasteiger partial charge is 0.303 e. The first-order valence-electron chi connectivity index (χ1n) is 6.26. The SMILES string of the molecule is O=C(O)CCCCNC(=O)c1cc2cccc(Br)c2o1. The second-order valence-corrected chi connectivity index (χ2v) is 5.23. The molecule has 2 N–H and O–H groups in total. The van der Waals surface area contributed by atoms with Crippen molar-refractivity contribution in [3.05, 3.63) is 34.5 Å². The summed E-state index contributed by atoms with van der Waals surface area (Å²) in [4.78, 5) is 22.2. The number of rotatable bonds is 6. The van der Waals surface area contributed by atoms with Gasteiger partial charge in [0.15, 0.2) is 5.76 Å². The van der Waals surface area contributed by atoms with E-state index in [0.29, 0.717) is 25.0 Å². The Labute approximate surface area is 124 Å². The minimum absolute atomic E-state index is 0.119. The minimum atomic E-state index is -0.821. The number of hydrogen-bond donors (Lipinski definition) is 2. The molecule has 1 aromatic heterocycles. The van der Waals surface area contributed by atoms with Crippen LogP contribution < -0.4 is 5.32 Å². The maximum atomic E-state index is 11.9. The van der Waals surface area contributed by atoms with Crippen LogP contribution in [-0.2, 0) is 4.79 Å². The Bertz CT molecular complexity index is 635. The van der Waals surface area contributed by atoms with Crippen LogP contribution in [-0.4, -0.2) is 23.5 Å². The average Bonchev–Trinajstić information content (AvgIpc) is 2.83. The van der Waals surface area contributed by atoms with E-state index in [9.17, 15) is 9.59 Å².